The zero-order valence-electron chi connectivity index (χ0n) is 21.3. The van der Waals surface area contributed by atoms with E-state index in [1.54, 1.807) is 45.1 Å². The van der Waals surface area contributed by atoms with Crippen molar-refractivity contribution in [1.82, 2.24) is 0 Å². The van der Waals surface area contributed by atoms with E-state index in [1.165, 1.54) is 21.3 Å². The van der Waals surface area contributed by atoms with Gasteiger partial charge < -0.3 is 33.2 Å². The van der Waals surface area contributed by atoms with Gasteiger partial charge in [-0.3, -0.25) is 4.79 Å². The first-order valence-corrected chi connectivity index (χ1v) is 11.4. The Morgan fingerprint density at radius 1 is 1.09 bits per heavy atom. The number of ketones is 1. The van der Waals surface area contributed by atoms with E-state index in [0.29, 0.717) is 23.5 Å². The van der Waals surface area contributed by atoms with Crippen molar-refractivity contribution in [3.05, 3.63) is 34.9 Å². The minimum Gasteiger partial charge on any atom is -0.493 e. The van der Waals surface area contributed by atoms with Crippen LogP contribution in [0.3, 0.4) is 0 Å². The Morgan fingerprint density at radius 2 is 1.83 bits per heavy atom. The van der Waals surface area contributed by atoms with E-state index in [1.807, 2.05) is 6.92 Å². The van der Waals surface area contributed by atoms with Gasteiger partial charge in [-0.2, -0.15) is 0 Å². The van der Waals surface area contributed by atoms with E-state index >= 15 is 0 Å². The van der Waals surface area contributed by atoms with Crippen molar-refractivity contribution in [2.24, 2.45) is 0 Å². The topological polar surface area (TPSA) is 98.8 Å². The molecule has 1 fully saturated rings. The van der Waals surface area contributed by atoms with Crippen molar-refractivity contribution in [3.8, 4) is 17.2 Å². The quantitative estimate of drug-likeness (QED) is 0.343. The van der Waals surface area contributed by atoms with Gasteiger partial charge in [-0.15, -0.1) is 0 Å². The highest BCUT2D eigenvalue weighted by atomic mass is 16.8. The van der Waals surface area contributed by atoms with E-state index in [9.17, 15) is 9.59 Å². The van der Waals surface area contributed by atoms with Gasteiger partial charge in [0.2, 0.25) is 0 Å². The van der Waals surface area contributed by atoms with Crippen LogP contribution in [0.25, 0.3) is 6.08 Å². The lowest BCUT2D eigenvalue weighted by atomic mass is 9.99. The van der Waals surface area contributed by atoms with Gasteiger partial charge in [0, 0.05) is 25.2 Å². The smallest absolute Gasteiger partial charge is 0.343 e. The molecular weight excluding hydrogens is 456 g/mol. The van der Waals surface area contributed by atoms with Crippen LogP contribution >= 0.6 is 0 Å². The summed E-state index contributed by atoms with van der Waals surface area (Å²) in [6.07, 6.45) is 3.99. The Labute approximate surface area is 205 Å². The maximum Gasteiger partial charge on any atom is 0.343 e. The predicted octanol–water partition coefficient (Wildman–Crippen LogP) is 4.07. The second kappa shape index (κ2) is 11.2. The molecule has 2 aliphatic heterocycles. The lowest BCUT2D eigenvalue weighted by Crippen LogP contribution is -2.31. The molecule has 0 aromatic heterocycles. The lowest BCUT2D eigenvalue weighted by Gasteiger charge is -2.21. The van der Waals surface area contributed by atoms with Gasteiger partial charge in [0.15, 0.2) is 29.9 Å². The molecule has 0 amide bonds. The number of hydrogen-bond donors (Lipinski definition) is 0. The second-order valence-electron chi connectivity index (χ2n) is 8.85. The zero-order chi connectivity index (χ0) is 25.8. The molecule has 192 valence electrons. The normalized spacial score (nSPS) is 24.5. The standard InChI is InChI=1S/C26H34O9/c1-15-11-12-18(27)24-19(34-26(3,4)35-24)10-8-9-17-22(25(28)33-16(15)2)20(32-14-29-5)13-21(30-6)23(17)31-7/h8-9,11,13,16,19,24H,10,12,14H2,1-7H3/t16-,19-,24+/m0/s1. The van der Waals surface area contributed by atoms with Crippen LogP contribution in [0.2, 0.25) is 0 Å². The number of hydrogen-bond acceptors (Lipinski definition) is 9. The Bertz CT molecular complexity index is 1010. The number of allylic oxidation sites excluding steroid dienone is 1. The van der Waals surface area contributed by atoms with Gasteiger partial charge in [0.25, 0.3) is 0 Å². The van der Waals surface area contributed by atoms with Crippen LogP contribution in [0.4, 0.5) is 0 Å². The molecule has 0 aliphatic carbocycles. The number of esters is 1. The molecule has 0 bridgehead atoms. The molecule has 2 heterocycles. The third-order valence-electron chi connectivity index (χ3n) is 5.91. The minimum atomic E-state index is -0.891. The van der Waals surface area contributed by atoms with E-state index in [-0.39, 0.29) is 30.3 Å². The first-order valence-electron chi connectivity index (χ1n) is 11.4. The number of ether oxygens (including phenoxy) is 7. The van der Waals surface area contributed by atoms with Crippen molar-refractivity contribution >= 4 is 17.8 Å². The summed E-state index contributed by atoms with van der Waals surface area (Å²) < 4.78 is 39.5. The van der Waals surface area contributed by atoms with Crippen LogP contribution in [-0.4, -0.2) is 64.0 Å². The van der Waals surface area contributed by atoms with Gasteiger partial charge in [-0.25, -0.2) is 4.79 Å². The molecule has 2 aliphatic rings. The summed E-state index contributed by atoms with van der Waals surface area (Å²) in [7, 11) is 4.46. The van der Waals surface area contributed by atoms with Crippen LogP contribution in [0.5, 0.6) is 17.2 Å². The fourth-order valence-electron chi connectivity index (χ4n) is 4.06. The van der Waals surface area contributed by atoms with Crippen molar-refractivity contribution in [2.75, 3.05) is 28.1 Å². The van der Waals surface area contributed by atoms with Crippen LogP contribution < -0.4 is 14.2 Å². The van der Waals surface area contributed by atoms with Gasteiger partial charge in [-0.1, -0.05) is 18.2 Å². The summed E-state index contributed by atoms with van der Waals surface area (Å²) >= 11 is 0. The first-order chi connectivity index (χ1) is 16.6. The number of cyclic esters (lactones) is 1. The number of carbonyl (C=O) groups is 2. The summed E-state index contributed by atoms with van der Waals surface area (Å²) in [5, 5.41) is 0. The third kappa shape index (κ3) is 6.04. The second-order valence-corrected chi connectivity index (χ2v) is 8.85. The van der Waals surface area contributed by atoms with Crippen LogP contribution in [-0.2, 0) is 23.7 Å². The average Bonchev–Trinajstić information content (AvgIpc) is 3.13. The van der Waals surface area contributed by atoms with Crippen molar-refractivity contribution in [2.45, 2.75) is 64.6 Å². The molecule has 1 aromatic rings. The first kappa shape index (κ1) is 26.7. The van der Waals surface area contributed by atoms with Crippen LogP contribution in [0.1, 0.15) is 56.5 Å². The van der Waals surface area contributed by atoms with E-state index in [0.717, 1.165) is 5.57 Å². The summed E-state index contributed by atoms with van der Waals surface area (Å²) in [5.74, 6) is -0.667. The Morgan fingerprint density at radius 3 is 2.49 bits per heavy atom. The number of rotatable bonds is 5. The molecule has 35 heavy (non-hydrogen) atoms. The molecule has 1 saturated heterocycles. The summed E-state index contributed by atoms with van der Waals surface area (Å²) in [6, 6.07) is 1.56. The predicted molar refractivity (Wildman–Crippen MR) is 128 cm³/mol. The number of Topliss-reactive ketones (excluding diaryl/α,β-unsaturated/α-hetero) is 1. The van der Waals surface area contributed by atoms with Crippen molar-refractivity contribution in [1.29, 1.82) is 0 Å². The fraction of sp³-hybridized carbons (Fsp3) is 0.538. The van der Waals surface area contributed by atoms with Gasteiger partial charge in [0.05, 0.1) is 20.3 Å². The van der Waals surface area contributed by atoms with E-state index < -0.39 is 30.1 Å². The highest BCUT2D eigenvalue weighted by Crippen LogP contribution is 2.41. The molecule has 0 radical (unpaired) electrons. The largest absolute Gasteiger partial charge is 0.493 e. The molecule has 3 rings (SSSR count). The average molecular weight is 491 g/mol. The number of fused-ring (bicyclic) bond motifs is 2. The molecule has 0 spiro atoms. The lowest BCUT2D eigenvalue weighted by molar-refractivity contribution is -0.154. The third-order valence-corrected chi connectivity index (χ3v) is 5.91. The highest BCUT2D eigenvalue weighted by molar-refractivity contribution is 5.99. The maximum atomic E-state index is 13.4. The molecule has 9 heteroatoms. The van der Waals surface area contributed by atoms with E-state index in [4.69, 9.17) is 33.2 Å². The fourth-order valence-corrected chi connectivity index (χ4v) is 4.06. The van der Waals surface area contributed by atoms with E-state index in [2.05, 4.69) is 0 Å². The highest BCUT2D eigenvalue weighted by Gasteiger charge is 2.44. The molecule has 0 unspecified atom stereocenters. The summed E-state index contributed by atoms with van der Waals surface area (Å²) in [5.41, 5.74) is 1.31. The van der Waals surface area contributed by atoms with Gasteiger partial charge >= 0.3 is 5.97 Å². The van der Waals surface area contributed by atoms with Gasteiger partial charge in [-0.05, 0) is 39.7 Å². The number of benzene rings is 1. The number of methoxy groups -OCH3 is 3. The SMILES string of the molecule is COCOc1cc(OC)c(OC)c2c1C(=O)O[C@@H](C)C(C)=CCC(=O)[C@H]1OC(C)(C)O[C@H]1CC=C2. The summed E-state index contributed by atoms with van der Waals surface area (Å²) in [6.45, 7) is 7.03. The monoisotopic (exact) mass is 490 g/mol. The molecular formula is C26H34O9. The molecule has 1 aromatic carbocycles. The minimum absolute atomic E-state index is 0.0838. The maximum absolute atomic E-state index is 13.4. The van der Waals surface area contributed by atoms with Crippen LogP contribution in [0, 0.1) is 0 Å². The summed E-state index contributed by atoms with van der Waals surface area (Å²) in [4.78, 5) is 26.4. The van der Waals surface area contributed by atoms with Crippen LogP contribution in [0.15, 0.2) is 23.8 Å². The van der Waals surface area contributed by atoms with Crippen molar-refractivity contribution in [3.63, 3.8) is 0 Å². The Kier molecular flexibility index (Phi) is 8.58. The molecule has 9 nitrogen and oxygen atoms in total. The van der Waals surface area contributed by atoms with Gasteiger partial charge in [0.1, 0.15) is 23.5 Å². The zero-order valence-corrected chi connectivity index (χ0v) is 21.3. The molecule has 0 N–H and O–H groups in total. The Hall–Kier alpha value is -2.88. The van der Waals surface area contributed by atoms with Crippen molar-refractivity contribution < 1.29 is 42.7 Å². The Balaban J connectivity index is 2.17. The molecule has 0 saturated carbocycles. The number of carbonyl (C=O) groups excluding carboxylic acids is 2. The molecule has 3 atom stereocenters.